The number of anilines is 1. The van der Waals surface area contributed by atoms with Gasteiger partial charge in [0.25, 0.3) is 5.91 Å². The molecular formula is C9H7BrFN3O. The molecular weight excluding hydrogens is 265 g/mol. The highest BCUT2D eigenvalue weighted by Gasteiger charge is 2.08. The molecule has 0 aliphatic carbocycles. The summed E-state index contributed by atoms with van der Waals surface area (Å²) >= 11 is 3.31. The van der Waals surface area contributed by atoms with Gasteiger partial charge in [-0.3, -0.25) is 9.89 Å². The lowest BCUT2D eigenvalue weighted by Crippen LogP contribution is -2.13. The first-order valence-corrected chi connectivity index (χ1v) is 4.99. The van der Waals surface area contributed by atoms with Crippen molar-refractivity contribution in [1.82, 2.24) is 10.2 Å². The largest absolute Gasteiger partial charge is 0.306 e. The van der Waals surface area contributed by atoms with E-state index in [1.54, 1.807) is 6.07 Å². The van der Waals surface area contributed by atoms with Gasteiger partial charge in [0.05, 0.1) is 5.52 Å². The zero-order chi connectivity index (χ0) is 10.8. The smallest absolute Gasteiger partial charge is 0.256 e. The summed E-state index contributed by atoms with van der Waals surface area (Å²) in [7, 11) is 0. The Morgan fingerprint density at radius 1 is 1.60 bits per heavy atom. The molecule has 0 unspecified atom stereocenters. The van der Waals surface area contributed by atoms with Gasteiger partial charge in [0.2, 0.25) is 0 Å². The van der Waals surface area contributed by atoms with Crippen LogP contribution in [0.3, 0.4) is 0 Å². The van der Waals surface area contributed by atoms with Gasteiger partial charge in [-0.05, 0) is 18.2 Å². The van der Waals surface area contributed by atoms with E-state index in [0.29, 0.717) is 5.82 Å². The van der Waals surface area contributed by atoms with Gasteiger partial charge < -0.3 is 5.32 Å². The van der Waals surface area contributed by atoms with E-state index >= 15 is 0 Å². The van der Waals surface area contributed by atoms with E-state index < -0.39 is 12.6 Å². The Morgan fingerprint density at radius 3 is 3.13 bits per heavy atom. The Balaban J connectivity index is 2.41. The van der Waals surface area contributed by atoms with Crippen molar-refractivity contribution in [1.29, 1.82) is 0 Å². The number of H-pyrrole nitrogens is 1. The molecule has 4 nitrogen and oxygen atoms in total. The van der Waals surface area contributed by atoms with E-state index in [-0.39, 0.29) is 0 Å². The van der Waals surface area contributed by atoms with Crippen molar-refractivity contribution >= 4 is 38.6 Å². The summed E-state index contributed by atoms with van der Waals surface area (Å²) < 4.78 is 12.9. The second-order valence-corrected chi connectivity index (χ2v) is 3.86. The van der Waals surface area contributed by atoms with Crippen molar-refractivity contribution in [2.24, 2.45) is 0 Å². The van der Waals surface area contributed by atoms with Crippen LogP contribution >= 0.6 is 15.9 Å². The fourth-order valence-electron chi connectivity index (χ4n) is 1.25. The SMILES string of the molecule is O=C(CF)Nc1n[nH]c2cc(Br)ccc12. The first kappa shape index (κ1) is 10.1. The van der Waals surface area contributed by atoms with E-state index in [1.165, 1.54) is 0 Å². The van der Waals surface area contributed by atoms with Crippen LogP contribution < -0.4 is 5.32 Å². The number of aromatic nitrogens is 2. The number of alkyl halides is 1. The van der Waals surface area contributed by atoms with Crippen LogP contribution in [0.5, 0.6) is 0 Å². The topological polar surface area (TPSA) is 57.8 Å². The van der Waals surface area contributed by atoms with Crippen LogP contribution in [0.15, 0.2) is 22.7 Å². The molecule has 2 rings (SSSR count). The minimum Gasteiger partial charge on any atom is -0.306 e. The van der Waals surface area contributed by atoms with Crippen molar-refractivity contribution in [3.8, 4) is 0 Å². The number of benzene rings is 1. The molecule has 0 saturated heterocycles. The van der Waals surface area contributed by atoms with Crippen molar-refractivity contribution in [3.05, 3.63) is 22.7 Å². The van der Waals surface area contributed by atoms with Crippen LogP contribution in [-0.2, 0) is 4.79 Å². The highest BCUT2D eigenvalue weighted by Crippen LogP contribution is 2.23. The van der Waals surface area contributed by atoms with Gasteiger partial charge in [0.15, 0.2) is 12.5 Å². The monoisotopic (exact) mass is 271 g/mol. The number of aromatic amines is 1. The average molecular weight is 272 g/mol. The zero-order valence-corrected chi connectivity index (χ0v) is 9.14. The summed E-state index contributed by atoms with van der Waals surface area (Å²) in [4.78, 5) is 10.8. The van der Waals surface area contributed by atoms with E-state index in [2.05, 4.69) is 31.4 Å². The number of carbonyl (C=O) groups is 1. The first-order valence-electron chi connectivity index (χ1n) is 4.20. The maximum Gasteiger partial charge on any atom is 0.256 e. The van der Waals surface area contributed by atoms with Crippen molar-refractivity contribution in [2.45, 2.75) is 0 Å². The van der Waals surface area contributed by atoms with Crippen LogP contribution in [0.4, 0.5) is 10.2 Å². The highest BCUT2D eigenvalue weighted by molar-refractivity contribution is 9.10. The normalized spacial score (nSPS) is 10.5. The van der Waals surface area contributed by atoms with Crippen molar-refractivity contribution < 1.29 is 9.18 Å². The molecule has 0 spiro atoms. The molecule has 0 bridgehead atoms. The van der Waals surface area contributed by atoms with Gasteiger partial charge >= 0.3 is 0 Å². The number of hydrogen-bond acceptors (Lipinski definition) is 2. The van der Waals surface area contributed by atoms with Crippen LogP contribution in [-0.4, -0.2) is 22.8 Å². The molecule has 0 fully saturated rings. The predicted octanol–water partition coefficient (Wildman–Crippen LogP) is 2.23. The lowest BCUT2D eigenvalue weighted by Gasteiger charge is -1.97. The molecule has 78 valence electrons. The Labute approximate surface area is 93.0 Å². The predicted molar refractivity (Wildman–Crippen MR) is 58.4 cm³/mol. The third kappa shape index (κ3) is 1.99. The van der Waals surface area contributed by atoms with Gasteiger partial charge in [-0.1, -0.05) is 15.9 Å². The summed E-state index contributed by atoms with van der Waals surface area (Å²) in [6.07, 6.45) is 0. The lowest BCUT2D eigenvalue weighted by atomic mass is 10.2. The van der Waals surface area contributed by atoms with Crippen LogP contribution in [0.25, 0.3) is 10.9 Å². The summed E-state index contributed by atoms with van der Waals surface area (Å²) in [6.45, 7) is -1.05. The average Bonchev–Trinajstić information content (AvgIpc) is 2.60. The quantitative estimate of drug-likeness (QED) is 0.880. The molecule has 15 heavy (non-hydrogen) atoms. The summed E-state index contributed by atoms with van der Waals surface area (Å²) in [5.41, 5.74) is 0.776. The van der Waals surface area contributed by atoms with Crippen molar-refractivity contribution in [2.75, 3.05) is 12.0 Å². The second-order valence-electron chi connectivity index (χ2n) is 2.94. The minimum absolute atomic E-state index is 0.347. The van der Waals surface area contributed by atoms with Crippen molar-refractivity contribution in [3.63, 3.8) is 0 Å². The van der Waals surface area contributed by atoms with E-state index in [0.717, 1.165) is 15.4 Å². The van der Waals surface area contributed by atoms with E-state index in [1.807, 2.05) is 12.1 Å². The third-order valence-corrected chi connectivity index (χ3v) is 2.40. The maximum absolute atomic E-state index is 12.0. The molecule has 1 aromatic heterocycles. The van der Waals surface area contributed by atoms with Gasteiger partial charge in [-0.2, -0.15) is 5.10 Å². The number of rotatable bonds is 2. The number of amides is 1. The highest BCUT2D eigenvalue weighted by atomic mass is 79.9. The molecule has 0 atom stereocenters. The molecule has 0 aliphatic rings. The number of halogens is 2. The molecule has 6 heteroatoms. The maximum atomic E-state index is 12.0. The number of nitrogens with zero attached hydrogens (tertiary/aromatic N) is 1. The van der Waals surface area contributed by atoms with Gasteiger partial charge in [-0.25, -0.2) is 4.39 Å². The summed E-state index contributed by atoms with van der Waals surface area (Å²) in [6, 6.07) is 5.44. The van der Waals surface area contributed by atoms with Crippen LogP contribution in [0, 0.1) is 0 Å². The fourth-order valence-corrected chi connectivity index (χ4v) is 1.61. The number of fused-ring (bicyclic) bond motifs is 1. The Kier molecular flexibility index (Phi) is 2.68. The lowest BCUT2D eigenvalue weighted by molar-refractivity contribution is -0.117. The second kappa shape index (κ2) is 3.98. The van der Waals surface area contributed by atoms with Gasteiger partial charge in [0.1, 0.15) is 0 Å². The number of carbonyl (C=O) groups excluding carboxylic acids is 1. The Morgan fingerprint density at radius 2 is 2.40 bits per heavy atom. The minimum atomic E-state index is -1.05. The molecule has 0 saturated carbocycles. The molecule has 2 aromatic rings. The molecule has 1 amide bonds. The number of nitrogens with one attached hydrogen (secondary N) is 2. The third-order valence-electron chi connectivity index (χ3n) is 1.90. The van der Waals surface area contributed by atoms with E-state index in [4.69, 9.17) is 0 Å². The standard InChI is InChI=1S/C9H7BrFN3O/c10-5-1-2-6-7(3-5)13-14-9(6)12-8(15)4-11/h1-3H,4H2,(H2,12,13,14,15). The Hall–Kier alpha value is -1.43. The molecule has 1 heterocycles. The molecule has 0 radical (unpaired) electrons. The van der Waals surface area contributed by atoms with Crippen LogP contribution in [0.2, 0.25) is 0 Å². The Bertz CT molecular complexity index is 511. The van der Waals surface area contributed by atoms with Gasteiger partial charge in [-0.15, -0.1) is 0 Å². The summed E-state index contributed by atoms with van der Waals surface area (Å²) in [5, 5.41) is 9.73. The first-order chi connectivity index (χ1) is 7.20. The number of hydrogen-bond donors (Lipinski definition) is 2. The molecule has 0 aliphatic heterocycles. The fraction of sp³-hybridized carbons (Fsp3) is 0.111. The van der Waals surface area contributed by atoms with E-state index in [9.17, 15) is 9.18 Å². The van der Waals surface area contributed by atoms with Crippen LogP contribution in [0.1, 0.15) is 0 Å². The molecule has 2 N–H and O–H groups in total. The van der Waals surface area contributed by atoms with Gasteiger partial charge in [0, 0.05) is 9.86 Å². The zero-order valence-electron chi connectivity index (χ0n) is 7.55. The molecule has 1 aromatic carbocycles. The summed E-state index contributed by atoms with van der Waals surface area (Å²) in [5.74, 6) is -0.355.